The average Bonchev–Trinajstić information content (AvgIpc) is 2.45. The third kappa shape index (κ3) is 7.37. The maximum Gasteiger partial charge on any atom is 0.407 e. The van der Waals surface area contributed by atoms with E-state index in [-0.39, 0.29) is 11.6 Å². The number of methoxy groups -OCH3 is 1. The molecule has 0 bridgehead atoms. The van der Waals surface area contributed by atoms with Crippen molar-refractivity contribution in [2.45, 2.75) is 52.2 Å². The predicted molar refractivity (Wildman–Crippen MR) is 92.9 cm³/mol. The van der Waals surface area contributed by atoms with Crippen molar-refractivity contribution in [3.8, 4) is 5.75 Å². The monoisotopic (exact) mass is 322 g/mol. The molecule has 1 amide bonds. The first kappa shape index (κ1) is 19.3. The van der Waals surface area contributed by atoms with Crippen LogP contribution >= 0.6 is 0 Å². The number of hydrogen-bond acceptors (Lipinski definition) is 4. The second kappa shape index (κ2) is 8.20. The highest BCUT2D eigenvalue weighted by molar-refractivity contribution is 5.67. The number of nitrogens with one attached hydrogen (secondary N) is 2. The van der Waals surface area contributed by atoms with E-state index in [0.29, 0.717) is 6.54 Å². The van der Waals surface area contributed by atoms with Gasteiger partial charge in [-0.3, -0.25) is 0 Å². The Bertz CT molecular complexity index is 507. The molecule has 0 unspecified atom stereocenters. The summed E-state index contributed by atoms with van der Waals surface area (Å²) in [6, 6.07) is 8.03. The molecule has 0 saturated carbocycles. The largest absolute Gasteiger partial charge is 0.497 e. The molecule has 1 aromatic carbocycles. The van der Waals surface area contributed by atoms with Crippen molar-refractivity contribution >= 4 is 6.09 Å². The lowest BCUT2D eigenvalue weighted by atomic mass is 9.94. The zero-order valence-corrected chi connectivity index (χ0v) is 15.2. The highest BCUT2D eigenvalue weighted by atomic mass is 16.6. The van der Waals surface area contributed by atoms with Crippen molar-refractivity contribution in [2.75, 3.05) is 20.2 Å². The van der Waals surface area contributed by atoms with Crippen LogP contribution in [-0.4, -0.2) is 31.9 Å². The molecular formula is C18H30N2O3. The Morgan fingerprint density at radius 1 is 1.13 bits per heavy atom. The van der Waals surface area contributed by atoms with Gasteiger partial charge in [-0.25, -0.2) is 4.79 Å². The summed E-state index contributed by atoms with van der Waals surface area (Å²) in [6.45, 7) is 11.2. The summed E-state index contributed by atoms with van der Waals surface area (Å²) in [5, 5.41) is 6.26. The number of amides is 1. The van der Waals surface area contributed by atoms with Gasteiger partial charge < -0.3 is 20.1 Å². The second-order valence-electron chi connectivity index (χ2n) is 7.07. The minimum Gasteiger partial charge on any atom is -0.497 e. The highest BCUT2D eigenvalue weighted by Crippen LogP contribution is 2.23. The molecule has 0 radical (unpaired) electrons. The van der Waals surface area contributed by atoms with E-state index in [4.69, 9.17) is 9.47 Å². The van der Waals surface area contributed by atoms with Crippen LogP contribution in [0.2, 0.25) is 0 Å². The third-order valence-corrected chi connectivity index (χ3v) is 3.38. The number of carbonyl (C=O) groups is 1. The molecule has 23 heavy (non-hydrogen) atoms. The number of rotatable bonds is 7. The van der Waals surface area contributed by atoms with Crippen LogP contribution < -0.4 is 15.4 Å². The van der Waals surface area contributed by atoms with E-state index in [1.807, 2.05) is 39.0 Å². The fraction of sp³-hybridized carbons (Fsp3) is 0.611. The molecule has 0 heterocycles. The summed E-state index contributed by atoms with van der Waals surface area (Å²) in [5.41, 5.74) is 0.536. The molecule has 0 aliphatic heterocycles. The zero-order chi connectivity index (χ0) is 17.5. The minimum atomic E-state index is -0.462. The summed E-state index contributed by atoms with van der Waals surface area (Å²) >= 11 is 0. The highest BCUT2D eigenvalue weighted by Gasteiger charge is 2.20. The van der Waals surface area contributed by atoms with E-state index in [2.05, 4.69) is 30.5 Å². The molecule has 1 aromatic rings. The van der Waals surface area contributed by atoms with Crippen LogP contribution in [0.3, 0.4) is 0 Å². The summed E-state index contributed by atoms with van der Waals surface area (Å²) in [5.74, 6) is 0.851. The summed E-state index contributed by atoms with van der Waals surface area (Å²) in [6.07, 6.45) is 0.455. The van der Waals surface area contributed by atoms with Crippen molar-refractivity contribution in [3.63, 3.8) is 0 Å². The van der Waals surface area contributed by atoms with Crippen LogP contribution in [0.5, 0.6) is 5.75 Å². The van der Waals surface area contributed by atoms with Gasteiger partial charge in [0.15, 0.2) is 0 Å². The lowest BCUT2D eigenvalue weighted by Crippen LogP contribution is -2.39. The van der Waals surface area contributed by atoms with Gasteiger partial charge in [0, 0.05) is 12.1 Å². The predicted octanol–water partition coefficient (Wildman–Crippen LogP) is 3.43. The smallest absolute Gasteiger partial charge is 0.407 e. The first-order valence-corrected chi connectivity index (χ1v) is 8.00. The SMILES string of the molecule is COc1cccc(C(C)(C)NCCCNC(=O)OC(C)(C)C)c1. The van der Waals surface area contributed by atoms with E-state index in [1.54, 1.807) is 7.11 Å². The third-order valence-electron chi connectivity index (χ3n) is 3.38. The minimum absolute atomic E-state index is 0.166. The van der Waals surface area contributed by atoms with Crippen LogP contribution in [0, 0.1) is 0 Å². The van der Waals surface area contributed by atoms with E-state index >= 15 is 0 Å². The van der Waals surface area contributed by atoms with Crippen LogP contribution in [-0.2, 0) is 10.3 Å². The van der Waals surface area contributed by atoms with Gasteiger partial charge in [0.1, 0.15) is 11.4 Å². The van der Waals surface area contributed by atoms with Gasteiger partial charge >= 0.3 is 6.09 Å². The summed E-state index contributed by atoms with van der Waals surface area (Å²) in [4.78, 5) is 11.5. The molecule has 2 N–H and O–H groups in total. The van der Waals surface area contributed by atoms with Crippen LogP contribution in [0.25, 0.3) is 0 Å². The molecule has 0 aliphatic carbocycles. The number of carbonyl (C=O) groups excluding carboxylic acids is 1. The van der Waals surface area contributed by atoms with Gasteiger partial charge in [-0.15, -0.1) is 0 Å². The normalized spacial score (nSPS) is 11.9. The van der Waals surface area contributed by atoms with Crippen molar-refractivity contribution in [1.82, 2.24) is 10.6 Å². The lowest BCUT2D eigenvalue weighted by Gasteiger charge is -2.27. The average molecular weight is 322 g/mol. The van der Waals surface area contributed by atoms with E-state index in [9.17, 15) is 4.79 Å². The molecular weight excluding hydrogens is 292 g/mol. The Labute approximate surface area is 139 Å². The first-order valence-electron chi connectivity index (χ1n) is 8.00. The number of hydrogen-bond donors (Lipinski definition) is 2. The van der Waals surface area contributed by atoms with Crippen molar-refractivity contribution in [1.29, 1.82) is 0 Å². The van der Waals surface area contributed by atoms with Crippen LogP contribution in [0.15, 0.2) is 24.3 Å². The van der Waals surface area contributed by atoms with Gasteiger partial charge in [0.05, 0.1) is 7.11 Å². The van der Waals surface area contributed by atoms with Gasteiger partial charge in [0.25, 0.3) is 0 Å². The van der Waals surface area contributed by atoms with Gasteiger partial charge in [-0.05, 0) is 65.3 Å². The molecule has 5 nitrogen and oxygen atoms in total. The maximum absolute atomic E-state index is 11.5. The molecule has 0 aromatic heterocycles. The number of alkyl carbamates (subject to hydrolysis) is 1. The quantitative estimate of drug-likeness (QED) is 0.755. The van der Waals surface area contributed by atoms with E-state index < -0.39 is 5.60 Å². The lowest BCUT2D eigenvalue weighted by molar-refractivity contribution is 0.0527. The molecule has 0 aliphatic rings. The van der Waals surface area contributed by atoms with Gasteiger partial charge in [-0.2, -0.15) is 0 Å². The number of benzene rings is 1. The van der Waals surface area contributed by atoms with E-state index in [0.717, 1.165) is 24.3 Å². The molecule has 5 heteroatoms. The summed E-state index contributed by atoms with van der Waals surface area (Å²) < 4.78 is 10.5. The fourth-order valence-corrected chi connectivity index (χ4v) is 2.11. The van der Waals surface area contributed by atoms with Gasteiger partial charge in [-0.1, -0.05) is 12.1 Å². The second-order valence-corrected chi connectivity index (χ2v) is 7.07. The topological polar surface area (TPSA) is 59.6 Å². The molecule has 0 fully saturated rings. The molecule has 1 rings (SSSR count). The Morgan fingerprint density at radius 2 is 1.83 bits per heavy atom. The van der Waals surface area contributed by atoms with Crippen LogP contribution in [0.4, 0.5) is 4.79 Å². The van der Waals surface area contributed by atoms with Gasteiger partial charge in [0.2, 0.25) is 0 Å². The Kier molecular flexibility index (Phi) is 6.88. The molecule has 130 valence electrons. The first-order chi connectivity index (χ1) is 10.6. The molecule has 0 spiro atoms. The Balaban J connectivity index is 2.35. The van der Waals surface area contributed by atoms with Crippen molar-refractivity contribution in [2.24, 2.45) is 0 Å². The summed E-state index contributed by atoms with van der Waals surface area (Å²) in [7, 11) is 1.67. The Morgan fingerprint density at radius 3 is 2.43 bits per heavy atom. The van der Waals surface area contributed by atoms with Crippen molar-refractivity contribution in [3.05, 3.63) is 29.8 Å². The molecule has 0 atom stereocenters. The number of ether oxygens (including phenoxy) is 2. The van der Waals surface area contributed by atoms with E-state index in [1.165, 1.54) is 0 Å². The van der Waals surface area contributed by atoms with Crippen molar-refractivity contribution < 1.29 is 14.3 Å². The maximum atomic E-state index is 11.5. The Hall–Kier alpha value is -1.75. The standard InChI is InChI=1S/C18H30N2O3/c1-17(2,3)23-16(21)19-11-8-12-20-18(4,5)14-9-7-10-15(13-14)22-6/h7,9-10,13,20H,8,11-12H2,1-6H3,(H,19,21). The fourth-order valence-electron chi connectivity index (χ4n) is 2.11. The molecule has 0 saturated heterocycles. The van der Waals surface area contributed by atoms with Crippen LogP contribution in [0.1, 0.15) is 46.6 Å². The zero-order valence-electron chi connectivity index (χ0n) is 15.2.